The topological polar surface area (TPSA) is 72.8 Å². The summed E-state index contributed by atoms with van der Waals surface area (Å²) in [5, 5.41) is 10.2. The Morgan fingerprint density at radius 2 is 0.925 bits per heavy atom. The molecule has 5 heteroatoms. The van der Waals surface area contributed by atoms with Crippen molar-refractivity contribution in [1.29, 1.82) is 0 Å². The highest BCUT2D eigenvalue weighted by molar-refractivity contribution is 5.72. The molecule has 1 unspecified atom stereocenters. The van der Waals surface area contributed by atoms with Crippen LogP contribution >= 0.6 is 0 Å². The molecule has 1 N–H and O–H groups in total. The smallest absolute Gasteiger partial charge is 0.309 e. The quantitative estimate of drug-likeness (QED) is 0.0440. The third-order valence-corrected chi connectivity index (χ3v) is 10.8. The Labute approximate surface area is 325 Å². The molecule has 0 saturated heterocycles. The summed E-state index contributed by atoms with van der Waals surface area (Å²) < 4.78 is 13.1. The van der Waals surface area contributed by atoms with E-state index in [1.54, 1.807) is 12.1 Å². The van der Waals surface area contributed by atoms with Gasteiger partial charge in [0.15, 0.2) is 0 Å². The third kappa shape index (κ3) is 21.6. The molecule has 2 aromatic carbocycles. The van der Waals surface area contributed by atoms with E-state index in [0.29, 0.717) is 32.1 Å². The van der Waals surface area contributed by atoms with Gasteiger partial charge >= 0.3 is 11.9 Å². The Morgan fingerprint density at radius 3 is 1.34 bits per heavy atom. The van der Waals surface area contributed by atoms with Crippen LogP contribution in [-0.2, 0) is 25.5 Å². The molecule has 2 aromatic rings. The molecule has 5 nitrogen and oxygen atoms in total. The Morgan fingerprint density at radius 1 is 0.528 bits per heavy atom. The van der Waals surface area contributed by atoms with Crippen LogP contribution in [0.15, 0.2) is 54.6 Å². The fourth-order valence-corrected chi connectivity index (χ4v) is 7.51. The molecule has 0 fully saturated rings. The lowest BCUT2D eigenvalue weighted by Gasteiger charge is -2.40. The minimum Gasteiger partial charge on any atom is -0.508 e. The summed E-state index contributed by atoms with van der Waals surface area (Å²) in [5.41, 5.74) is 2.02. The monoisotopic (exact) mass is 735 g/mol. The number of aryl methyl sites for hydroxylation is 1. The van der Waals surface area contributed by atoms with E-state index in [9.17, 15) is 14.7 Å². The molecule has 0 heterocycles. The van der Waals surface area contributed by atoms with E-state index in [1.807, 2.05) is 30.3 Å². The van der Waals surface area contributed by atoms with Gasteiger partial charge in [0.05, 0.1) is 5.92 Å². The lowest BCUT2D eigenvalue weighted by molar-refractivity contribution is -0.241. The van der Waals surface area contributed by atoms with Gasteiger partial charge in [0.25, 0.3) is 5.79 Å². The zero-order valence-corrected chi connectivity index (χ0v) is 34.4. The van der Waals surface area contributed by atoms with E-state index in [-0.39, 0.29) is 23.6 Å². The summed E-state index contributed by atoms with van der Waals surface area (Å²) >= 11 is 0. The zero-order chi connectivity index (χ0) is 38.2. The van der Waals surface area contributed by atoms with Crippen molar-refractivity contribution in [2.45, 2.75) is 219 Å². The van der Waals surface area contributed by atoms with E-state index >= 15 is 0 Å². The first kappa shape index (κ1) is 46.3. The predicted molar refractivity (Wildman–Crippen MR) is 222 cm³/mol. The number of aromatic hydroxyl groups is 1. The van der Waals surface area contributed by atoms with Crippen LogP contribution in [0.5, 0.6) is 5.75 Å². The first-order valence-corrected chi connectivity index (χ1v) is 22.2. The summed E-state index contributed by atoms with van der Waals surface area (Å²) in [6.45, 7) is 6.67. The first-order chi connectivity index (χ1) is 25.9. The van der Waals surface area contributed by atoms with Gasteiger partial charge in [-0.15, -0.1) is 0 Å². The number of hydrogen-bond donors (Lipinski definition) is 1. The van der Waals surface area contributed by atoms with Gasteiger partial charge in [-0.25, -0.2) is 0 Å². The second-order valence-electron chi connectivity index (χ2n) is 15.6. The van der Waals surface area contributed by atoms with Crippen LogP contribution in [0.25, 0.3) is 0 Å². The lowest BCUT2D eigenvalue weighted by Crippen LogP contribution is -2.46. The zero-order valence-electron chi connectivity index (χ0n) is 34.4. The molecular formula is C48H78O5. The summed E-state index contributed by atoms with van der Waals surface area (Å²) in [4.78, 5) is 27.6. The molecule has 0 spiro atoms. The molecule has 0 amide bonds. The van der Waals surface area contributed by atoms with Crippen LogP contribution in [0.3, 0.4) is 0 Å². The van der Waals surface area contributed by atoms with Gasteiger partial charge in [-0.05, 0) is 48.9 Å². The number of phenolic OH excluding ortho intramolecular Hbond substituents is 1. The minimum absolute atomic E-state index is 0.180. The van der Waals surface area contributed by atoms with Gasteiger partial charge in [0.1, 0.15) is 5.75 Å². The van der Waals surface area contributed by atoms with E-state index in [0.717, 1.165) is 62.5 Å². The fourth-order valence-electron chi connectivity index (χ4n) is 7.51. The fraction of sp³-hybridized carbons (Fsp3) is 0.708. The van der Waals surface area contributed by atoms with Crippen molar-refractivity contribution in [2.75, 3.05) is 0 Å². The lowest BCUT2D eigenvalue weighted by atomic mass is 9.82. The number of benzene rings is 2. The number of rotatable bonds is 34. The molecule has 0 saturated carbocycles. The number of carbonyl (C=O) groups excluding carboxylic acids is 2. The van der Waals surface area contributed by atoms with Gasteiger partial charge in [-0.1, -0.05) is 204 Å². The Hall–Kier alpha value is -2.82. The molecule has 0 aliphatic heterocycles. The van der Waals surface area contributed by atoms with Crippen molar-refractivity contribution in [2.24, 2.45) is 0 Å². The van der Waals surface area contributed by atoms with Gasteiger partial charge in [-0.2, -0.15) is 0 Å². The number of phenols is 1. The standard InChI is InChI=1S/C48H78O5/c1-4-7-10-12-14-16-18-20-22-24-29-34-46(50)52-48(41-40-42-31-27-26-28-32-42,45(33-9-6-3)43-36-38-44(49)39-37-43)53-47(51)35-30-25-23-21-19-17-15-13-11-8-5-2/h26-28,31-32,36-39,45,49H,4-25,29-30,33-35,40-41H2,1-3H3. The Bertz CT molecular complexity index is 1120. The SMILES string of the molecule is CCCCCCCCCCCCCC(=O)OC(CCc1ccccc1)(OC(=O)CCCCCCCCCCCCC)C(CCCC)c1ccc(O)cc1. The van der Waals surface area contributed by atoms with E-state index in [2.05, 4.69) is 32.9 Å². The highest BCUT2D eigenvalue weighted by Gasteiger charge is 2.46. The van der Waals surface area contributed by atoms with E-state index in [1.165, 1.54) is 103 Å². The predicted octanol–water partition coefficient (Wildman–Crippen LogP) is 14.5. The summed E-state index contributed by atoms with van der Waals surface area (Å²) in [6, 6.07) is 17.3. The highest BCUT2D eigenvalue weighted by atomic mass is 16.7. The number of ether oxygens (including phenoxy) is 2. The minimum atomic E-state index is -1.44. The molecule has 1 atom stereocenters. The number of unbranched alkanes of at least 4 members (excludes halogenated alkanes) is 21. The number of esters is 2. The summed E-state index contributed by atoms with van der Waals surface area (Å²) in [5.74, 6) is -2.20. The van der Waals surface area contributed by atoms with Crippen LogP contribution in [0.4, 0.5) is 0 Å². The maximum atomic E-state index is 13.8. The second-order valence-corrected chi connectivity index (χ2v) is 15.6. The summed E-state index contributed by atoms with van der Waals surface area (Å²) in [7, 11) is 0. The van der Waals surface area contributed by atoms with Crippen LogP contribution in [0.2, 0.25) is 0 Å². The normalized spacial score (nSPS) is 12.1. The number of hydrogen-bond acceptors (Lipinski definition) is 5. The molecular weight excluding hydrogens is 657 g/mol. The molecule has 0 aromatic heterocycles. The summed E-state index contributed by atoms with van der Waals surface area (Å²) in [6.07, 6.45) is 30.8. The molecule has 53 heavy (non-hydrogen) atoms. The van der Waals surface area contributed by atoms with Crippen molar-refractivity contribution in [3.05, 3.63) is 65.7 Å². The van der Waals surface area contributed by atoms with Crippen LogP contribution in [0, 0.1) is 0 Å². The van der Waals surface area contributed by atoms with Crippen molar-refractivity contribution in [3.8, 4) is 5.75 Å². The van der Waals surface area contributed by atoms with Crippen molar-refractivity contribution >= 4 is 11.9 Å². The molecule has 2 rings (SSSR count). The van der Waals surface area contributed by atoms with E-state index in [4.69, 9.17) is 9.47 Å². The highest BCUT2D eigenvalue weighted by Crippen LogP contribution is 2.42. The molecule has 0 radical (unpaired) electrons. The van der Waals surface area contributed by atoms with Crippen molar-refractivity contribution < 1.29 is 24.2 Å². The Balaban J connectivity index is 2.12. The van der Waals surface area contributed by atoms with Crippen LogP contribution in [-0.4, -0.2) is 22.8 Å². The van der Waals surface area contributed by atoms with Crippen molar-refractivity contribution in [3.63, 3.8) is 0 Å². The average Bonchev–Trinajstić information content (AvgIpc) is 3.16. The maximum Gasteiger partial charge on any atom is 0.309 e. The number of carbonyl (C=O) groups is 2. The maximum absolute atomic E-state index is 13.8. The first-order valence-electron chi connectivity index (χ1n) is 22.2. The molecule has 0 aliphatic rings. The van der Waals surface area contributed by atoms with Crippen LogP contribution < -0.4 is 0 Å². The van der Waals surface area contributed by atoms with E-state index < -0.39 is 5.79 Å². The van der Waals surface area contributed by atoms with Gasteiger partial charge in [0.2, 0.25) is 0 Å². The van der Waals surface area contributed by atoms with Gasteiger partial charge < -0.3 is 14.6 Å². The largest absolute Gasteiger partial charge is 0.508 e. The van der Waals surface area contributed by atoms with Crippen molar-refractivity contribution in [1.82, 2.24) is 0 Å². The van der Waals surface area contributed by atoms with Crippen LogP contribution in [0.1, 0.15) is 218 Å². The van der Waals surface area contributed by atoms with Gasteiger partial charge in [-0.3, -0.25) is 9.59 Å². The van der Waals surface area contributed by atoms with Gasteiger partial charge in [0, 0.05) is 19.3 Å². The average molecular weight is 735 g/mol. The molecule has 300 valence electrons. The molecule has 0 aliphatic carbocycles. The third-order valence-electron chi connectivity index (χ3n) is 10.8. The molecule has 0 bridgehead atoms. The second kappa shape index (κ2) is 30.5. The Kier molecular flexibility index (Phi) is 26.7.